The average molecular weight is 277 g/mol. The number of rotatable bonds is 4. The summed E-state index contributed by atoms with van der Waals surface area (Å²) in [4.78, 5) is 0. The van der Waals surface area contributed by atoms with Gasteiger partial charge in [-0.25, -0.2) is 0 Å². The summed E-state index contributed by atoms with van der Waals surface area (Å²) < 4.78 is 18.0. The first kappa shape index (κ1) is 13.7. The van der Waals surface area contributed by atoms with Crippen LogP contribution in [-0.2, 0) is 9.09 Å². The molecule has 0 spiro atoms. The van der Waals surface area contributed by atoms with E-state index >= 15 is 0 Å². The highest BCUT2D eigenvalue weighted by atomic mass is 31.2. The molecule has 0 bridgehead atoms. The van der Waals surface area contributed by atoms with Crippen LogP contribution in [-0.4, -0.2) is 12.2 Å². The minimum absolute atomic E-state index is 0.00360. The average Bonchev–Trinajstić information content (AvgIpc) is 2.43. The maximum absolute atomic E-state index is 12.8. The molecule has 0 amide bonds. The summed E-state index contributed by atoms with van der Waals surface area (Å²) in [7, 11) is -1.98. The van der Waals surface area contributed by atoms with Gasteiger partial charge in [0.15, 0.2) is 0 Å². The van der Waals surface area contributed by atoms with E-state index in [0.717, 1.165) is 0 Å². The van der Waals surface area contributed by atoms with E-state index in [-0.39, 0.29) is 11.1 Å². The predicted octanol–water partition coefficient (Wildman–Crippen LogP) is 3.28. The highest BCUT2D eigenvalue weighted by molar-refractivity contribution is 7.68. The molecule has 2 N–H and O–H groups in total. The van der Waals surface area contributed by atoms with Crippen LogP contribution in [0, 0.1) is 6.92 Å². The van der Waals surface area contributed by atoms with Crippen LogP contribution in [0.25, 0.3) is 0 Å². The van der Waals surface area contributed by atoms with Crippen LogP contribution in [0.3, 0.4) is 0 Å². The third kappa shape index (κ3) is 2.80. The van der Waals surface area contributed by atoms with E-state index in [1.807, 2.05) is 18.2 Å². The molecule has 0 saturated carbocycles. The third-order valence-corrected chi connectivity index (χ3v) is 4.90. The maximum Gasteiger partial charge on any atom is 0.327 e. The molecule has 0 aliphatic rings. The molecule has 0 radical (unpaired) electrons. The molecule has 0 heterocycles. The Morgan fingerprint density at radius 3 is 2.42 bits per heavy atom. The van der Waals surface area contributed by atoms with Crippen molar-refractivity contribution in [3.8, 4) is 5.75 Å². The highest BCUT2D eigenvalue weighted by Gasteiger charge is 2.28. The fraction of sp³-hybridized carbons (Fsp3) is 0.143. The molecule has 1 atom stereocenters. The Hall–Kier alpha value is -1.77. The molecule has 19 heavy (non-hydrogen) atoms. The Kier molecular flexibility index (Phi) is 3.93. The molecule has 0 aliphatic heterocycles. The number of aryl methyl sites for hydroxylation is 1. The van der Waals surface area contributed by atoms with Crippen molar-refractivity contribution in [2.24, 2.45) is 0 Å². The van der Waals surface area contributed by atoms with Gasteiger partial charge in [0.05, 0.1) is 5.30 Å². The van der Waals surface area contributed by atoms with Gasteiger partial charge in [0, 0.05) is 12.8 Å². The first-order valence-electron chi connectivity index (χ1n) is 5.85. The lowest BCUT2D eigenvalue weighted by molar-refractivity contribution is 0.405. The molecular weight excluding hydrogens is 261 g/mol. The first-order chi connectivity index (χ1) is 9.07. The minimum atomic E-state index is -3.34. The predicted molar refractivity (Wildman–Crippen MR) is 77.2 cm³/mol. The minimum Gasteiger partial charge on any atom is -0.507 e. The smallest absolute Gasteiger partial charge is 0.327 e. The number of benzene rings is 2. The van der Waals surface area contributed by atoms with Crippen molar-refractivity contribution < 1.29 is 14.2 Å². The van der Waals surface area contributed by atoms with Gasteiger partial charge in [-0.15, -0.1) is 0 Å². The van der Waals surface area contributed by atoms with Crippen LogP contribution in [0.5, 0.6) is 5.75 Å². The van der Waals surface area contributed by atoms with Crippen molar-refractivity contribution in [2.45, 2.75) is 6.92 Å². The van der Waals surface area contributed by atoms with Crippen molar-refractivity contribution >= 4 is 18.5 Å². The number of hydrogen-bond acceptors (Lipinski definition) is 3. The van der Waals surface area contributed by atoms with Crippen LogP contribution in [0.1, 0.15) is 5.56 Å². The summed E-state index contributed by atoms with van der Waals surface area (Å²) in [6, 6.07) is 14.2. The number of anilines is 1. The molecule has 2 rings (SSSR count). The number of para-hydroxylation sites is 2. The lowest BCUT2D eigenvalue weighted by atomic mass is 10.2. The van der Waals surface area contributed by atoms with Gasteiger partial charge in [-0.2, -0.15) is 0 Å². The van der Waals surface area contributed by atoms with E-state index in [4.69, 9.17) is 4.52 Å². The second-order valence-corrected chi connectivity index (χ2v) is 6.33. The molecule has 5 heteroatoms. The largest absolute Gasteiger partial charge is 0.507 e. The van der Waals surface area contributed by atoms with E-state index in [2.05, 4.69) is 5.09 Å². The zero-order chi connectivity index (χ0) is 13.9. The van der Waals surface area contributed by atoms with Gasteiger partial charge in [-0.1, -0.05) is 30.3 Å². The summed E-state index contributed by atoms with van der Waals surface area (Å²) in [6.45, 7) is 1.75. The van der Waals surface area contributed by atoms with Crippen LogP contribution < -0.4 is 10.4 Å². The molecule has 100 valence electrons. The lowest BCUT2D eigenvalue weighted by Gasteiger charge is -2.20. The van der Waals surface area contributed by atoms with Gasteiger partial charge < -0.3 is 14.7 Å². The van der Waals surface area contributed by atoms with Crippen LogP contribution >= 0.6 is 7.52 Å². The second kappa shape index (κ2) is 5.47. The third-order valence-electron chi connectivity index (χ3n) is 2.84. The van der Waals surface area contributed by atoms with Crippen LogP contribution in [0.15, 0.2) is 48.5 Å². The Balaban J connectivity index is 2.43. The molecule has 2 aromatic rings. The fourth-order valence-corrected chi connectivity index (χ4v) is 3.40. The second-order valence-electron chi connectivity index (χ2n) is 4.15. The zero-order valence-electron chi connectivity index (χ0n) is 10.8. The zero-order valence-corrected chi connectivity index (χ0v) is 11.7. The number of aromatic hydroxyl groups is 1. The van der Waals surface area contributed by atoms with Crippen LogP contribution in [0.4, 0.5) is 5.69 Å². The molecule has 2 aromatic carbocycles. The van der Waals surface area contributed by atoms with Gasteiger partial charge in [-0.05, 0) is 30.7 Å². The normalized spacial score (nSPS) is 13.8. The molecule has 0 saturated heterocycles. The highest BCUT2D eigenvalue weighted by Crippen LogP contribution is 2.47. The molecule has 0 aromatic heterocycles. The van der Waals surface area contributed by atoms with E-state index in [1.165, 1.54) is 7.11 Å². The lowest BCUT2D eigenvalue weighted by Crippen LogP contribution is -2.14. The van der Waals surface area contributed by atoms with E-state index in [0.29, 0.717) is 11.3 Å². The van der Waals surface area contributed by atoms with Gasteiger partial charge in [0.25, 0.3) is 0 Å². The molecule has 1 unspecified atom stereocenters. The summed E-state index contributed by atoms with van der Waals surface area (Å²) >= 11 is 0. The van der Waals surface area contributed by atoms with Crippen molar-refractivity contribution in [3.63, 3.8) is 0 Å². The standard InChI is InChI=1S/C14H16NO3P/c1-11-7-6-10-13(14(11)16)19(17,18-2)15-12-8-4-3-5-9-12/h3-10,16H,1-2H3,(H,15,17). The summed E-state index contributed by atoms with van der Waals surface area (Å²) in [5, 5.41) is 13.2. The van der Waals surface area contributed by atoms with Crippen molar-refractivity contribution in [3.05, 3.63) is 54.1 Å². The topological polar surface area (TPSA) is 58.6 Å². The van der Waals surface area contributed by atoms with Gasteiger partial charge in [0.1, 0.15) is 5.75 Å². The fourth-order valence-electron chi connectivity index (χ4n) is 1.77. The number of hydrogen-bond donors (Lipinski definition) is 2. The molecule has 4 nitrogen and oxygen atoms in total. The number of nitrogens with one attached hydrogen (secondary N) is 1. The molecule has 0 aliphatic carbocycles. The van der Waals surface area contributed by atoms with E-state index in [9.17, 15) is 9.67 Å². The van der Waals surface area contributed by atoms with Gasteiger partial charge >= 0.3 is 7.52 Å². The maximum atomic E-state index is 12.8. The summed E-state index contributed by atoms with van der Waals surface area (Å²) in [5.74, 6) is -0.00360. The quantitative estimate of drug-likeness (QED) is 0.842. The Morgan fingerprint density at radius 1 is 1.11 bits per heavy atom. The number of phenolic OH excluding ortho intramolecular Hbond substituents is 1. The van der Waals surface area contributed by atoms with Gasteiger partial charge in [0.2, 0.25) is 0 Å². The van der Waals surface area contributed by atoms with Crippen LogP contribution in [0.2, 0.25) is 0 Å². The summed E-state index contributed by atoms with van der Waals surface area (Å²) in [6.07, 6.45) is 0. The molecular formula is C14H16NO3P. The Labute approximate surface area is 112 Å². The number of phenols is 1. The van der Waals surface area contributed by atoms with E-state index < -0.39 is 7.52 Å². The van der Waals surface area contributed by atoms with E-state index in [1.54, 1.807) is 37.3 Å². The van der Waals surface area contributed by atoms with Crippen molar-refractivity contribution in [1.29, 1.82) is 0 Å². The first-order valence-corrected chi connectivity index (χ1v) is 7.47. The Morgan fingerprint density at radius 2 is 1.79 bits per heavy atom. The van der Waals surface area contributed by atoms with Gasteiger partial charge in [-0.3, -0.25) is 4.57 Å². The van der Waals surface area contributed by atoms with Crippen molar-refractivity contribution in [1.82, 2.24) is 0 Å². The Bertz CT molecular complexity index is 613. The summed E-state index contributed by atoms with van der Waals surface area (Å²) in [5.41, 5.74) is 1.33. The van der Waals surface area contributed by atoms with Crippen molar-refractivity contribution in [2.75, 3.05) is 12.2 Å². The SMILES string of the molecule is COP(=O)(Nc1ccccc1)c1cccc(C)c1O. The molecule has 0 fully saturated rings. The monoisotopic (exact) mass is 277 g/mol.